The SMILES string of the molecule is CNC(=O)c1cc(C(=O)N[C@H]2C[C@H](O)C2)n([C@@H](C)c2cccc(Cl)c2)n1. The maximum absolute atomic E-state index is 12.7. The van der Waals surface area contributed by atoms with E-state index in [-0.39, 0.29) is 41.4 Å². The van der Waals surface area contributed by atoms with E-state index >= 15 is 0 Å². The summed E-state index contributed by atoms with van der Waals surface area (Å²) in [7, 11) is 1.51. The predicted molar refractivity (Wildman–Crippen MR) is 97.4 cm³/mol. The van der Waals surface area contributed by atoms with E-state index in [9.17, 15) is 14.7 Å². The largest absolute Gasteiger partial charge is 0.393 e. The quantitative estimate of drug-likeness (QED) is 0.740. The van der Waals surface area contributed by atoms with Crippen molar-refractivity contribution in [2.45, 2.75) is 38.0 Å². The third-order valence-electron chi connectivity index (χ3n) is 4.57. The highest BCUT2D eigenvalue weighted by molar-refractivity contribution is 6.30. The maximum Gasteiger partial charge on any atom is 0.271 e. The van der Waals surface area contributed by atoms with Crippen LogP contribution in [-0.4, -0.2) is 45.9 Å². The van der Waals surface area contributed by atoms with Crippen LogP contribution in [0.4, 0.5) is 0 Å². The second kappa shape index (κ2) is 7.47. The molecule has 3 rings (SSSR count). The van der Waals surface area contributed by atoms with E-state index in [1.807, 2.05) is 19.1 Å². The molecule has 1 aromatic carbocycles. The van der Waals surface area contributed by atoms with Crippen molar-refractivity contribution >= 4 is 23.4 Å². The molecular formula is C18H21ClN4O3. The van der Waals surface area contributed by atoms with Crippen LogP contribution in [0.3, 0.4) is 0 Å². The number of carbonyl (C=O) groups is 2. The fourth-order valence-electron chi connectivity index (χ4n) is 2.97. The van der Waals surface area contributed by atoms with Crippen LogP contribution >= 0.6 is 11.6 Å². The average molecular weight is 377 g/mol. The lowest BCUT2D eigenvalue weighted by Crippen LogP contribution is -2.47. The average Bonchev–Trinajstić information content (AvgIpc) is 3.04. The number of aliphatic hydroxyl groups is 1. The van der Waals surface area contributed by atoms with Crippen LogP contribution in [0.2, 0.25) is 5.02 Å². The predicted octanol–water partition coefficient (Wildman–Crippen LogP) is 1.76. The second-order valence-electron chi connectivity index (χ2n) is 6.47. The first-order valence-electron chi connectivity index (χ1n) is 8.45. The summed E-state index contributed by atoms with van der Waals surface area (Å²) in [6.45, 7) is 1.89. The monoisotopic (exact) mass is 376 g/mol. The van der Waals surface area contributed by atoms with Gasteiger partial charge in [0.2, 0.25) is 0 Å². The van der Waals surface area contributed by atoms with Gasteiger partial charge in [-0.2, -0.15) is 5.10 Å². The Hall–Kier alpha value is -2.38. The minimum atomic E-state index is -0.366. The molecular weight excluding hydrogens is 356 g/mol. The zero-order valence-corrected chi connectivity index (χ0v) is 15.3. The van der Waals surface area contributed by atoms with Gasteiger partial charge in [-0.15, -0.1) is 0 Å². The summed E-state index contributed by atoms with van der Waals surface area (Å²) in [6.07, 6.45) is 0.704. The molecule has 2 amide bonds. The van der Waals surface area contributed by atoms with Gasteiger partial charge in [0.05, 0.1) is 12.1 Å². The van der Waals surface area contributed by atoms with Crippen LogP contribution < -0.4 is 10.6 Å². The molecule has 0 unspecified atom stereocenters. The topological polar surface area (TPSA) is 96.3 Å². The van der Waals surface area contributed by atoms with Gasteiger partial charge in [-0.1, -0.05) is 23.7 Å². The molecule has 1 atom stereocenters. The first-order chi connectivity index (χ1) is 12.4. The Morgan fingerprint density at radius 2 is 2.04 bits per heavy atom. The van der Waals surface area contributed by atoms with Crippen molar-refractivity contribution in [3.63, 3.8) is 0 Å². The van der Waals surface area contributed by atoms with Gasteiger partial charge >= 0.3 is 0 Å². The number of carbonyl (C=O) groups excluding carboxylic acids is 2. The van der Waals surface area contributed by atoms with Crippen LogP contribution in [0.15, 0.2) is 30.3 Å². The van der Waals surface area contributed by atoms with Crippen molar-refractivity contribution in [1.29, 1.82) is 0 Å². The third-order valence-corrected chi connectivity index (χ3v) is 4.81. The third kappa shape index (κ3) is 3.73. The number of amides is 2. The number of hydrogen-bond acceptors (Lipinski definition) is 4. The van der Waals surface area contributed by atoms with Crippen molar-refractivity contribution in [3.05, 3.63) is 52.3 Å². The number of nitrogens with zero attached hydrogens (tertiary/aromatic N) is 2. The summed E-state index contributed by atoms with van der Waals surface area (Å²) >= 11 is 6.07. The van der Waals surface area contributed by atoms with Crippen LogP contribution in [0.1, 0.15) is 52.3 Å². The molecule has 1 aromatic heterocycles. The molecule has 1 fully saturated rings. The fourth-order valence-corrected chi connectivity index (χ4v) is 3.17. The summed E-state index contributed by atoms with van der Waals surface area (Å²) in [5.74, 6) is -0.686. The lowest BCUT2D eigenvalue weighted by molar-refractivity contribution is 0.0557. The Balaban J connectivity index is 1.92. The molecule has 1 aliphatic carbocycles. The highest BCUT2D eigenvalue weighted by Crippen LogP contribution is 2.24. The van der Waals surface area contributed by atoms with E-state index in [4.69, 9.17) is 11.6 Å². The van der Waals surface area contributed by atoms with E-state index in [0.29, 0.717) is 17.9 Å². The lowest BCUT2D eigenvalue weighted by Gasteiger charge is -2.32. The number of aliphatic hydroxyl groups excluding tert-OH is 1. The summed E-state index contributed by atoms with van der Waals surface area (Å²) in [4.78, 5) is 24.7. The van der Waals surface area contributed by atoms with Crippen LogP contribution in [0, 0.1) is 0 Å². The number of rotatable bonds is 5. The Morgan fingerprint density at radius 3 is 2.65 bits per heavy atom. The highest BCUT2D eigenvalue weighted by atomic mass is 35.5. The fraction of sp³-hybridized carbons (Fsp3) is 0.389. The van der Waals surface area contributed by atoms with E-state index in [0.717, 1.165) is 5.56 Å². The van der Waals surface area contributed by atoms with E-state index in [1.54, 1.807) is 12.1 Å². The zero-order chi connectivity index (χ0) is 18.8. The minimum absolute atomic E-state index is 0.0641. The Bertz CT molecular complexity index is 830. The number of halogens is 1. The Morgan fingerprint density at radius 1 is 1.31 bits per heavy atom. The van der Waals surface area contributed by atoms with Gasteiger partial charge in [-0.05, 0) is 37.5 Å². The normalized spacial score (nSPS) is 20.2. The maximum atomic E-state index is 12.7. The van der Waals surface area contributed by atoms with E-state index in [1.165, 1.54) is 17.8 Å². The van der Waals surface area contributed by atoms with Gasteiger partial charge < -0.3 is 15.7 Å². The molecule has 3 N–H and O–H groups in total. The summed E-state index contributed by atoms with van der Waals surface area (Å²) in [6, 6.07) is 8.41. The number of benzene rings is 1. The molecule has 7 nitrogen and oxygen atoms in total. The van der Waals surface area contributed by atoms with Gasteiger partial charge in [0.25, 0.3) is 11.8 Å². The molecule has 0 spiro atoms. The molecule has 1 saturated carbocycles. The van der Waals surface area contributed by atoms with Crippen molar-refractivity contribution < 1.29 is 14.7 Å². The molecule has 0 radical (unpaired) electrons. The summed E-state index contributed by atoms with van der Waals surface area (Å²) < 4.78 is 1.53. The van der Waals surface area contributed by atoms with Gasteiger partial charge in [0.1, 0.15) is 5.69 Å². The minimum Gasteiger partial charge on any atom is -0.393 e. The van der Waals surface area contributed by atoms with Gasteiger partial charge in [-0.3, -0.25) is 14.3 Å². The van der Waals surface area contributed by atoms with Gasteiger partial charge in [0, 0.05) is 24.2 Å². The summed E-state index contributed by atoms with van der Waals surface area (Å²) in [5.41, 5.74) is 1.33. The first-order valence-corrected chi connectivity index (χ1v) is 8.83. The number of nitrogens with one attached hydrogen (secondary N) is 2. The molecule has 0 bridgehead atoms. The molecule has 0 aliphatic heterocycles. The van der Waals surface area contributed by atoms with Gasteiger partial charge in [-0.25, -0.2) is 0 Å². The smallest absolute Gasteiger partial charge is 0.271 e. The molecule has 0 saturated heterocycles. The highest BCUT2D eigenvalue weighted by Gasteiger charge is 2.30. The molecule has 138 valence electrons. The van der Waals surface area contributed by atoms with Crippen molar-refractivity contribution in [1.82, 2.24) is 20.4 Å². The standard InChI is InChI=1S/C18H21ClN4O3/c1-10(11-4-3-5-12(19)6-11)23-16(9-15(22-23)17(25)20-2)18(26)21-13-7-14(24)8-13/h3-6,9-10,13-14,24H,7-8H2,1-2H3,(H,20,25)(H,21,26)/t10-,13-,14-/m0/s1. The lowest BCUT2D eigenvalue weighted by atomic mass is 9.89. The second-order valence-corrected chi connectivity index (χ2v) is 6.90. The Labute approximate surface area is 156 Å². The number of aromatic nitrogens is 2. The Kier molecular flexibility index (Phi) is 5.29. The van der Waals surface area contributed by atoms with Crippen LogP contribution in [0.5, 0.6) is 0 Å². The van der Waals surface area contributed by atoms with E-state index in [2.05, 4.69) is 15.7 Å². The van der Waals surface area contributed by atoms with Crippen molar-refractivity contribution in [2.75, 3.05) is 7.05 Å². The van der Waals surface area contributed by atoms with Crippen LogP contribution in [-0.2, 0) is 0 Å². The van der Waals surface area contributed by atoms with E-state index < -0.39 is 0 Å². The van der Waals surface area contributed by atoms with Crippen molar-refractivity contribution in [2.24, 2.45) is 0 Å². The molecule has 26 heavy (non-hydrogen) atoms. The number of hydrogen-bond donors (Lipinski definition) is 3. The summed E-state index contributed by atoms with van der Waals surface area (Å²) in [5, 5.41) is 19.7. The molecule has 8 heteroatoms. The van der Waals surface area contributed by atoms with Crippen molar-refractivity contribution in [3.8, 4) is 0 Å². The van der Waals surface area contributed by atoms with Crippen LogP contribution in [0.25, 0.3) is 0 Å². The molecule has 1 heterocycles. The van der Waals surface area contributed by atoms with Gasteiger partial charge in [0.15, 0.2) is 5.69 Å². The zero-order valence-electron chi connectivity index (χ0n) is 14.6. The molecule has 1 aliphatic rings. The first kappa shape index (κ1) is 18.4. The molecule has 2 aromatic rings.